The van der Waals surface area contributed by atoms with Gasteiger partial charge < -0.3 is 10.1 Å². The molecule has 18 heavy (non-hydrogen) atoms. The third-order valence-electron chi connectivity index (χ3n) is 2.33. The van der Waals surface area contributed by atoms with Gasteiger partial charge in [0.2, 0.25) is 0 Å². The summed E-state index contributed by atoms with van der Waals surface area (Å²) in [6.07, 6.45) is 0.825. The molecular formula is C12H14Br3NO2. The first-order valence-corrected chi connectivity index (χ1v) is 8.10. The van der Waals surface area contributed by atoms with E-state index in [2.05, 4.69) is 53.1 Å². The van der Waals surface area contributed by atoms with Gasteiger partial charge in [0.15, 0.2) is 0 Å². The van der Waals surface area contributed by atoms with Gasteiger partial charge in [-0.2, -0.15) is 0 Å². The summed E-state index contributed by atoms with van der Waals surface area (Å²) in [5, 5.41) is 3.78. The van der Waals surface area contributed by atoms with Gasteiger partial charge in [-0.15, -0.1) is 0 Å². The Hall–Kier alpha value is 0.0900. The van der Waals surface area contributed by atoms with Crippen LogP contribution in [0.5, 0.6) is 0 Å². The van der Waals surface area contributed by atoms with Gasteiger partial charge in [0.1, 0.15) is 0 Å². The van der Waals surface area contributed by atoms with Crippen LogP contribution < -0.4 is 5.32 Å². The number of hydrogen-bond acceptors (Lipinski definition) is 2. The van der Waals surface area contributed by atoms with Gasteiger partial charge in [-0.1, -0.05) is 31.9 Å². The van der Waals surface area contributed by atoms with Crippen molar-refractivity contribution >= 4 is 53.7 Å². The van der Waals surface area contributed by atoms with Crippen molar-refractivity contribution in [1.82, 2.24) is 5.32 Å². The van der Waals surface area contributed by atoms with Crippen molar-refractivity contribution in [3.63, 3.8) is 0 Å². The smallest absolute Gasteiger partial charge is 0.252 e. The maximum absolute atomic E-state index is 12.1. The monoisotopic (exact) mass is 441 g/mol. The van der Waals surface area contributed by atoms with Crippen molar-refractivity contribution in [2.24, 2.45) is 0 Å². The predicted molar refractivity (Wildman–Crippen MR) is 83.4 cm³/mol. The number of benzene rings is 1. The number of rotatable bonds is 6. The van der Waals surface area contributed by atoms with Gasteiger partial charge in [-0.25, -0.2) is 0 Å². The number of methoxy groups -OCH3 is 1. The van der Waals surface area contributed by atoms with Crippen LogP contribution >= 0.6 is 47.8 Å². The highest BCUT2D eigenvalue weighted by atomic mass is 79.9. The Morgan fingerprint density at radius 1 is 1.44 bits per heavy atom. The zero-order valence-corrected chi connectivity index (χ0v) is 14.6. The van der Waals surface area contributed by atoms with Gasteiger partial charge in [0, 0.05) is 21.4 Å². The largest absolute Gasteiger partial charge is 0.383 e. The van der Waals surface area contributed by atoms with E-state index in [1.54, 1.807) is 13.2 Å². The number of halogens is 3. The van der Waals surface area contributed by atoms with Gasteiger partial charge in [0.05, 0.1) is 18.2 Å². The number of carbonyl (C=O) groups excluding carboxylic acids is 1. The lowest BCUT2D eigenvalue weighted by Gasteiger charge is -2.17. The third-order valence-corrected chi connectivity index (χ3v) is 3.98. The molecule has 0 saturated carbocycles. The zero-order chi connectivity index (χ0) is 13.5. The maximum atomic E-state index is 12.1. The highest BCUT2D eigenvalue weighted by Gasteiger charge is 2.15. The Balaban J connectivity index is 2.76. The van der Waals surface area contributed by atoms with E-state index in [1.807, 2.05) is 12.1 Å². The molecule has 0 fully saturated rings. The third kappa shape index (κ3) is 4.99. The van der Waals surface area contributed by atoms with Crippen LogP contribution in [0.1, 0.15) is 16.8 Å². The minimum atomic E-state index is -0.105. The molecule has 0 aliphatic rings. The molecule has 1 unspecified atom stereocenters. The second kappa shape index (κ2) is 8.30. The molecule has 1 aromatic carbocycles. The Kier molecular flexibility index (Phi) is 7.44. The number of nitrogens with one attached hydrogen (secondary N) is 1. The quantitative estimate of drug-likeness (QED) is 0.680. The summed E-state index contributed by atoms with van der Waals surface area (Å²) in [7, 11) is 1.63. The summed E-state index contributed by atoms with van der Waals surface area (Å²) in [5.41, 5.74) is 0.611. The molecule has 0 heterocycles. The van der Waals surface area contributed by atoms with Gasteiger partial charge in [0.25, 0.3) is 5.91 Å². The van der Waals surface area contributed by atoms with Crippen molar-refractivity contribution < 1.29 is 9.53 Å². The fraction of sp³-hybridized carbons (Fsp3) is 0.417. The van der Waals surface area contributed by atoms with Gasteiger partial charge in [-0.05, 0) is 40.5 Å². The second-order valence-electron chi connectivity index (χ2n) is 3.73. The van der Waals surface area contributed by atoms with E-state index in [0.29, 0.717) is 12.2 Å². The first-order chi connectivity index (χ1) is 8.58. The number of carbonyl (C=O) groups is 1. The lowest BCUT2D eigenvalue weighted by Crippen LogP contribution is -2.38. The van der Waals surface area contributed by atoms with Gasteiger partial charge >= 0.3 is 0 Å². The fourth-order valence-electron chi connectivity index (χ4n) is 1.46. The lowest BCUT2D eigenvalue weighted by molar-refractivity contribution is 0.0894. The molecule has 1 rings (SSSR count). The topological polar surface area (TPSA) is 38.3 Å². The minimum absolute atomic E-state index is 0.00718. The van der Waals surface area contributed by atoms with Crippen LogP contribution in [0, 0.1) is 0 Å². The Morgan fingerprint density at radius 3 is 2.78 bits per heavy atom. The van der Waals surface area contributed by atoms with Crippen LogP contribution in [0.4, 0.5) is 0 Å². The molecule has 0 spiro atoms. The Morgan fingerprint density at radius 2 is 2.17 bits per heavy atom. The summed E-state index contributed by atoms with van der Waals surface area (Å²) in [5.74, 6) is -0.105. The lowest BCUT2D eigenvalue weighted by atomic mass is 10.2. The Bertz CT molecular complexity index is 406. The number of hydrogen-bond donors (Lipinski definition) is 1. The molecule has 3 nitrogen and oxygen atoms in total. The molecule has 1 atom stereocenters. The first kappa shape index (κ1) is 16.1. The highest BCUT2D eigenvalue weighted by molar-refractivity contribution is 9.11. The van der Waals surface area contributed by atoms with Crippen LogP contribution in [-0.4, -0.2) is 31.0 Å². The van der Waals surface area contributed by atoms with E-state index in [1.165, 1.54) is 0 Å². The second-order valence-corrected chi connectivity index (χ2v) is 6.29. The van der Waals surface area contributed by atoms with E-state index < -0.39 is 0 Å². The SMILES string of the molecule is COCC(CCBr)NC(=O)c1cc(Br)ccc1Br. The highest BCUT2D eigenvalue weighted by Crippen LogP contribution is 2.21. The molecule has 1 N–H and O–H groups in total. The van der Waals surface area contributed by atoms with E-state index in [-0.39, 0.29) is 11.9 Å². The van der Waals surface area contributed by atoms with E-state index in [0.717, 1.165) is 20.7 Å². The molecular weight excluding hydrogens is 430 g/mol. The maximum Gasteiger partial charge on any atom is 0.252 e. The van der Waals surface area contributed by atoms with Crippen LogP contribution in [-0.2, 0) is 4.74 Å². The molecule has 0 aliphatic carbocycles. The molecule has 1 amide bonds. The van der Waals surface area contributed by atoms with Crippen molar-refractivity contribution in [2.45, 2.75) is 12.5 Å². The molecule has 0 aliphatic heterocycles. The molecule has 0 aromatic heterocycles. The van der Waals surface area contributed by atoms with Crippen molar-refractivity contribution in [2.75, 3.05) is 19.0 Å². The van der Waals surface area contributed by atoms with E-state index in [4.69, 9.17) is 4.74 Å². The van der Waals surface area contributed by atoms with Crippen LogP contribution in [0.25, 0.3) is 0 Å². The van der Waals surface area contributed by atoms with Crippen LogP contribution in [0.3, 0.4) is 0 Å². The molecule has 0 bridgehead atoms. The molecule has 100 valence electrons. The average Bonchev–Trinajstić information content (AvgIpc) is 2.33. The first-order valence-electron chi connectivity index (χ1n) is 5.39. The summed E-state index contributed by atoms with van der Waals surface area (Å²) in [6, 6.07) is 5.52. The number of ether oxygens (including phenoxy) is 1. The summed E-state index contributed by atoms with van der Waals surface area (Å²) < 4.78 is 6.74. The minimum Gasteiger partial charge on any atom is -0.383 e. The Labute approximate surface area is 132 Å². The van der Waals surface area contributed by atoms with Crippen LogP contribution in [0.2, 0.25) is 0 Å². The summed E-state index contributed by atoms with van der Waals surface area (Å²) in [6.45, 7) is 0.503. The summed E-state index contributed by atoms with van der Waals surface area (Å²) >= 11 is 10.1. The standard InChI is InChI=1S/C12H14Br3NO2/c1-18-7-9(4-5-13)16-12(17)10-6-8(14)2-3-11(10)15/h2-3,6,9H,4-5,7H2,1H3,(H,16,17). The van der Waals surface area contributed by atoms with E-state index >= 15 is 0 Å². The number of amides is 1. The average molecular weight is 444 g/mol. The van der Waals surface area contributed by atoms with Gasteiger partial charge in [-0.3, -0.25) is 4.79 Å². The zero-order valence-electron chi connectivity index (χ0n) is 9.88. The molecule has 0 radical (unpaired) electrons. The normalized spacial score (nSPS) is 12.2. The van der Waals surface area contributed by atoms with Crippen molar-refractivity contribution in [3.8, 4) is 0 Å². The van der Waals surface area contributed by atoms with E-state index in [9.17, 15) is 4.79 Å². The van der Waals surface area contributed by atoms with Crippen molar-refractivity contribution in [1.29, 1.82) is 0 Å². The number of alkyl halides is 1. The molecule has 1 aromatic rings. The fourth-order valence-corrected chi connectivity index (χ4v) is 2.81. The van der Waals surface area contributed by atoms with Crippen molar-refractivity contribution in [3.05, 3.63) is 32.7 Å². The van der Waals surface area contributed by atoms with Crippen LogP contribution in [0.15, 0.2) is 27.1 Å². The summed E-state index contributed by atoms with van der Waals surface area (Å²) in [4.78, 5) is 12.1. The molecule has 6 heteroatoms. The predicted octanol–water partition coefficient (Wildman–Crippen LogP) is 3.74. The molecule has 0 saturated heterocycles.